The van der Waals surface area contributed by atoms with Gasteiger partial charge in [0.2, 0.25) is 0 Å². The van der Waals surface area contributed by atoms with Crippen molar-refractivity contribution in [2.24, 2.45) is 0 Å². The Kier molecular flexibility index (Phi) is 0.666. The molecular weight excluding hydrogens is 114 g/mol. The lowest BCUT2D eigenvalue weighted by atomic mass is 10.4. The molecular formula is C4H6ClNO. The molecule has 0 aromatic heterocycles. The van der Waals surface area contributed by atoms with Crippen molar-refractivity contribution in [1.82, 2.24) is 4.42 Å². The van der Waals surface area contributed by atoms with E-state index in [-0.39, 0.29) is 0 Å². The summed E-state index contributed by atoms with van der Waals surface area (Å²) in [6, 6.07) is 0. The minimum atomic E-state index is 0.484. The number of epoxide rings is 1. The van der Waals surface area contributed by atoms with E-state index in [4.69, 9.17) is 16.5 Å². The fourth-order valence-electron chi connectivity index (χ4n) is 0.965. The van der Waals surface area contributed by atoms with Gasteiger partial charge in [-0.2, -0.15) is 0 Å². The highest BCUT2D eigenvalue weighted by molar-refractivity contribution is 6.13. The molecule has 2 heterocycles. The SMILES string of the molecule is ClN1CC2OC2C1. The van der Waals surface area contributed by atoms with Crippen molar-refractivity contribution < 1.29 is 4.74 Å². The van der Waals surface area contributed by atoms with Crippen LogP contribution in [-0.4, -0.2) is 29.7 Å². The van der Waals surface area contributed by atoms with E-state index >= 15 is 0 Å². The first-order valence-electron chi connectivity index (χ1n) is 2.42. The third-order valence-electron chi connectivity index (χ3n) is 1.44. The highest BCUT2D eigenvalue weighted by Gasteiger charge is 2.46. The minimum Gasteiger partial charge on any atom is -0.367 e. The smallest absolute Gasteiger partial charge is 0.0995 e. The molecule has 2 unspecified atom stereocenters. The van der Waals surface area contributed by atoms with Crippen molar-refractivity contribution in [1.29, 1.82) is 0 Å². The maximum atomic E-state index is 5.59. The van der Waals surface area contributed by atoms with Crippen LogP contribution in [0.4, 0.5) is 0 Å². The molecule has 0 radical (unpaired) electrons. The van der Waals surface area contributed by atoms with Crippen molar-refractivity contribution in [2.75, 3.05) is 13.1 Å². The average Bonchev–Trinajstić information content (AvgIpc) is 2.15. The number of hydrogen-bond donors (Lipinski definition) is 0. The molecule has 2 atom stereocenters. The number of fused-ring (bicyclic) bond motifs is 1. The molecule has 3 heteroatoms. The Morgan fingerprint density at radius 3 is 2.29 bits per heavy atom. The quantitative estimate of drug-likeness (QED) is 0.335. The lowest BCUT2D eigenvalue weighted by Gasteiger charge is -2.02. The topological polar surface area (TPSA) is 15.8 Å². The Morgan fingerprint density at radius 2 is 2.00 bits per heavy atom. The van der Waals surface area contributed by atoms with Crippen LogP contribution in [0.1, 0.15) is 0 Å². The van der Waals surface area contributed by atoms with Gasteiger partial charge in [0.15, 0.2) is 0 Å². The maximum absolute atomic E-state index is 5.59. The van der Waals surface area contributed by atoms with E-state index in [2.05, 4.69) is 0 Å². The minimum absolute atomic E-state index is 0.484. The van der Waals surface area contributed by atoms with Crippen molar-refractivity contribution in [3.05, 3.63) is 0 Å². The zero-order chi connectivity index (χ0) is 4.85. The summed E-state index contributed by atoms with van der Waals surface area (Å²) < 4.78 is 6.87. The molecule has 0 bridgehead atoms. The number of halogens is 1. The van der Waals surface area contributed by atoms with Gasteiger partial charge in [-0.1, -0.05) is 0 Å². The third-order valence-corrected chi connectivity index (χ3v) is 1.72. The van der Waals surface area contributed by atoms with Crippen LogP contribution in [0.25, 0.3) is 0 Å². The molecule has 0 spiro atoms. The summed E-state index contributed by atoms with van der Waals surface area (Å²) in [4.78, 5) is 0. The number of hydrogen-bond acceptors (Lipinski definition) is 2. The molecule has 2 aliphatic rings. The zero-order valence-electron chi connectivity index (χ0n) is 3.80. The molecule has 2 fully saturated rings. The van der Waals surface area contributed by atoms with E-state index in [0.717, 1.165) is 13.1 Å². The van der Waals surface area contributed by atoms with Crippen LogP contribution in [0, 0.1) is 0 Å². The Labute approximate surface area is 47.1 Å². The number of rotatable bonds is 0. The average molecular weight is 120 g/mol. The molecule has 0 N–H and O–H groups in total. The van der Waals surface area contributed by atoms with Gasteiger partial charge in [-0.15, -0.1) is 0 Å². The van der Waals surface area contributed by atoms with Crippen LogP contribution < -0.4 is 0 Å². The van der Waals surface area contributed by atoms with Gasteiger partial charge in [0.1, 0.15) is 0 Å². The van der Waals surface area contributed by atoms with Gasteiger partial charge in [-0.25, -0.2) is 4.42 Å². The summed E-state index contributed by atoms with van der Waals surface area (Å²) in [5.74, 6) is 0. The van der Waals surface area contributed by atoms with Gasteiger partial charge in [0, 0.05) is 13.1 Å². The second-order valence-electron chi connectivity index (χ2n) is 2.04. The van der Waals surface area contributed by atoms with Crippen LogP contribution in [0.2, 0.25) is 0 Å². The van der Waals surface area contributed by atoms with Crippen molar-refractivity contribution >= 4 is 11.8 Å². The fraction of sp³-hybridized carbons (Fsp3) is 1.00. The summed E-state index contributed by atoms with van der Waals surface area (Å²) in [7, 11) is 0. The molecule has 2 rings (SSSR count). The van der Waals surface area contributed by atoms with Gasteiger partial charge < -0.3 is 4.74 Å². The van der Waals surface area contributed by atoms with E-state index in [1.54, 1.807) is 4.42 Å². The summed E-state index contributed by atoms with van der Waals surface area (Å²) in [6.45, 7) is 1.85. The Bertz CT molecular complexity index is 87.7. The highest BCUT2D eigenvalue weighted by atomic mass is 35.5. The normalized spacial score (nSPS) is 49.3. The van der Waals surface area contributed by atoms with Gasteiger partial charge in [-0.05, 0) is 11.8 Å². The summed E-state index contributed by atoms with van der Waals surface area (Å²) in [5.41, 5.74) is 0. The standard InChI is InChI=1S/C4H6ClNO/c5-6-1-3-4(2-6)7-3/h3-4H,1-2H2. The van der Waals surface area contributed by atoms with Crippen LogP contribution in [0.5, 0.6) is 0 Å². The van der Waals surface area contributed by atoms with Gasteiger partial charge in [0.25, 0.3) is 0 Å². The van der Waals surface area contributed by atoms with E-state index in [9.17, 15) is 0 Å². The molecule has 2 aliphatic heterocycles. The summed E-state index contributed by atoms with van der Waals surface area (Å²) >= 11 is 5.59. The van der Waals surface area contributed by atoms with Crippen LogP contribution in [-0.2, 0) is 4.74 Å². The van der Waals surface area contributed by atoms with E-state index in [1.807, 2.05) is 0 Å². The molecule has 0 aromatic carbocycles. The molecule has 2 saturated heterocycles. The zero-order valence-corrected chi connectivity index (χ0v) is 4.56. The Balaban J connectivity index is 2.02. The highest BCUT2D eigenvalue weighted by Crippen LogP contribution is 2.31. The summed E-state index contributed by atoms with van der Waals surface area (Å²) in [5, 5.41) is 0. The molecule has 0 aromatic rings. The maximum Gasteiger partial charge on any atom is 0.0995 e. The molecule has 0 amide bonds. The predicted octanol–water partition coefficient (Wildman–Crippen LogP) is 0.223. The predicted molar refractivity (Wildman–Crippen MR) is 26.1 cm³/mol. The van der Waals surface area contributed by atoms with Crippen LogP contribution in [0.15, 0.2) is 0 Å². The second-order valence-corrected chi connectivity index (χ2v) is 2.52. The Morgan fingerprint density at radius 1 is 1.43 bits per heavy atom. The largest absolute Gasteiger partial charge is 0.367 e. The van der Waals surface area contributed by atoms with Crippen molar-refractivity contribution in [3.8, 4) is 0 Å². The second kappa shape index (κ2) is 1.13. The van der Waals surface area contributed by atoms with Gasteiger partial charge in [0.05, 0.1) is 12.2 Å². The monoisotopic (exact) mass is 119 g/mol. The van der Waals surface area contributed by atoms with E-state index < -0.39 is 0 Å². The van der Waals surface area contributed by atoms with Gasteiger partial charge in [-0.3, -0.25) is 0 Å². The molecule has 2 nitrogen and oxygen atoms in total. The first kappa shape index (κ1) is 4.13. The molecule has 0 aliphatic carbocycles. The first-order valence-corrected chi connectivity index (χ1v) is 2.76. The van der Waals surface area contributed by atoms with Crippen LogP contribution in [0.3, 0.4) is 0 Å². The Hall–Kier alpha value is 0.210. The molecule has 7 heavy (non-hydrogen) atoms. The van der Waals surface area contributed by atoms with Crippen molar-refractivity contribution in [3.63, 3.8) is 0 Å². The summed E-state index contributed by atoms with van der Waals surface area (Å²) in [6.07, 6.45) is 0.968. The lowest BCUT2D eigenvalue weighted by molar-refractivity contribution is 0.279. The lowest BCUT2D eigenvalue weighted by Crippen LogP contribution is -2.11. The molecule has 40 valence electrons. The third kappa shape index (κ3) is 0.545. The van der Waals surface area contributed by atoms with E-state index in [0.29, 0.717) is 12.2 Å². The van der Waals surface area contributed by atoms with E-state index in [1.165, 1.54) is 0 Å². The number of ether oxygens (including phenoxy) is 1. The first-order chi connectivity index (χ1) is 3.36. The van der Waals surface area contributed by atoms with Crippen LogP contribution >= 0.6 is 11.8 Å². The van der Waals surface area contributed by atoms with Gasteiger partial charge >= 0.3 is 0 Å². The number of nitrogens with zero attached hydrogens (tertiary/aromatic N) is 1. The number of morpholine rings is 1. The molecule has 0 saturated carbocycles. The fourth-order valence-corrected chi connectivity index (χ4v) is 1.24. The van der Waals surface area contributed by atoms with Crippen molar-refractivity contribution in [2.45, 2.75) is 12.2 Å².